The van der Waals surface area contributed by atoms with Crippen LogP contribution in [0.3, 0.4) is 0 Å². The maximum absolute atomic E-state index is 13.0. The number of carbonyl (C=O) groups excluding carboxylic acids is 1. The van der Waals surface area contributed by atoms with E-state index in [1.54, 1.807) is 18.4 Å². The topological polar surface area (TPSA) is 45.7 Å². The molecule has 1 atom stereocenters. The molecule has 3 aromatic rings. The number of benzene rings is 1. The minimum Gasteiger partial charge on any atom is -0.497 e. The Morgan fingerprint density at radius 2 is 2.00 bits per heavy atom. The largest absolute Gasteiger partial charge is 0.497 e. The Kier molecular flexibility index (Phi) is 5.55. The van der Waals surface area contributed by atoms with Crippen molar-refractivity contribution in [3.8, 4) is 5.75 Å². The van der Waals surface area contributed by atoms with Gasteiger partial charge < -0.3 is 14.5 Å². The fraction of sp³-hybridized carbons (Fsp3) is 0.429. The van der Waals surface area contributed by atoms with Crippen molar-refractivity contribution >= 4 is 43.2 Å². The second-order valence-corrected chi connectivity index (χ2v) is 9.00. The molecule has 1 unspecified atom stereocenters. The molecule has 0 spiro atoms. The average molecular weight is 416 g/mol. The molecule has 0 bridgehead atoms. The van der Waals surface area contributed by atoms with Crippen LogP contribution in [0.4, 0.5) is 5.13 Å². The van der Waals surface area contributed by atoms with E-state index in [2.05, 4.69) is 30.9 Å². The summed E-state index contributed by atoms with van der Waals surface area (Å²) in [6, 6.07) is 10.2. The minimum atomic E-state index is 0.135. The first kappa shape index (κ1) is 19.2. The quantitative estimate of drug-likeness (QED) is 0.578. The van der Waals surface area contributed by atoms with Crippen molar-refractivity contribution in [1.29, 1.82) is 0 Å². The second kappa shape index (κ2) is 8.09. The first-order chi connectivity index (χ1) is 13.6. The maximum atomic E-state index is 13.0. The lowest BCUT2D eigenvalue weighted by molar-refractivity contribution is 0.0795. The van der Waals surface area contributed by atoms with Crippen molar-refractivity contribution in [2.45, 2.75) is 26.2 Å². The van der Waals surface area contributed by atoms with Crippen molar-refractivity contribution in [1.82, 2.24) is 9.88 Å². The first-order valence-corrected chi connectivity index (χ1v) is 11.3. The van der Waals surface area contributed by atoms with Crippen LogP contribution in [0.5, 0.6) is 5.75 Å². The molecule has 5 nitrogen and oxygen atoms in total. The van der Waals surface area contributed by atoms with Crippen LogP contribution in [0.15, 0.2) is 30.3 Å². The third-order valence-corrected chi connectivity index (χ3v) is 7.59. The molecule has 1 amide bonds. The van der Waals surface area contributed by atoms with Gasteiger partial charge in [0.25, 0.3) is 5.91 Å². The Balaban J connectivity index is 1.46. The highest BCUT2D eigenvalue weighted by Crippen LogP contribution is 2.36. The number of nitrogens with zero attached hydrogens (tertiary/aromatic N) is 3. The van der Waals surface area contributed by atoms with Gasteiger partial charge in [-0.3, -0.25) is 4.79 Å². The number of hydrogen-bond donors (Lipinski definition) is 0. The number of ether oxygens (including phenoxy) is 1. The van der Waals surface area contributed by atoms with E-state index >= 15 is 0 Å². The molecular weight excluding hydrogens is 390 g/mol. The predicted octanol–water partition coefficient (Wildman–Crippen LogP) is 4.84. The number of thiophene rings is 1. The van der Waals surface area contributed by atoms with Gasteiger partial charge in [-0.15, -0.1) is 11.3 Å². The predicted molar refractivity (Wildman–Crippen MR) is 117 cm³/mol. The van der Waals surface area contributed by atoms with Crippen LogP contribution in [-0.4, -0.2) is 49.1 Å². The summed E-state index contributed by atoms with van der Waals surface area (Å²) in [6.07, 6.45) is 1.00. The highest BCUT2D eigenvalue weighted by Gasteiger charge is 2.29. The van der Waals surface area contributed by atoms with E-state index in [4.69, 9.17) is 9.72 Å². The van der Waals surface area contributed by atoms with E-state index in [1.165, 1.54) is 16.9 Å². The monoisotopic (exact) mass is 415 g/mol. The van der Waals surface area contributed by atoms with Crippen molar-refractivity contribution in [2.75, 3.05) is 38.2 Å². The zero-order valence-corrected chi connectivity index (χ0v) is 18.1. The number of rotatable bonds is 6. The summed E-state index contributed by atoms with van der Waals surface area (Å²) in [7, 11) is 1.68. The van der Waals surface area contributed by atoms with Crippen LogP contribution in [0, 0.1) is 0 Å². The Bertz CT molecular complexity index is 928. The molecular formula is C21H25N3O2S2. The van der Waals surface area contributed by atoms with Gasteiger partial charge in [0.1, 0.15) is 10.6 Å². The standard InChI is InChI=1S/C21H25N3O2S2/c1-4-23(5-2)21-22-19-17(28-21)12-18(27-19)20(25)24-11-10-15(13-24)14-6-8-16(26-3)9-7-14/h6-9,12,15H,4-5,10-11,13H2,1-3H3. The van der Waals surface area contributed by atoms with Crippen LogP contribution in [0.25, 0.3) is 9.53 Å². The smallest absolute Gasteiger partial charge is 0.264 e. The summed E-state index contributed by atoms with van der Waals surface area (Å²) in [5.41, 5.74) is 1.27. The SMILES string of the molecule is CCN(CC)c1nc2sc(C(=O)N3CCC(c4ccc(OC)cc4)C3)cc2s1. The van der Waals surface area contributed by atoms with Gasteiger partial charge in [-0.2, -0.15) is 0 Å². The van der Waals surface area contributed by atoms with E-state index < -0.39 is 0 Å². The molecule has 28 heavy (non-hydrogen) atoms. The molecule has 1 aliphatic rings. The van der Waals surface area contributed by atoms with E-state index in [0.717, 1.165) is 57.9 Å². The molecule has 7 heteroatoms. The van der Waals surface area contributed by atoms with E-state index in [9.17, 15) is 4.79 Å². The third kappa shape index (κ3) is 3.61. The van der Waals surface area contributed by atoms with Crippen LogP contribution < -0.4 is 9.64 Å². The molecule has 0 saturated carbocycles. The fourth-order valence-corrected chi connectivity index (χ4v) is 6.01. The number of aromatic nitrogens is 1. The number of thiazole rings is 1. The van der Waals surface area contributed by atoms with Gasteiger partial charge in [0.05, 0.1) is 16.7 Å². The number of anilines is 1. The number of fused-ring (bicyclic) bond motifs is 1. The minimum absolute atomic E-state index is 0.135. The van der Waals surface area contributed by atoms with E-state index in [-0.39, 0.29) is 5.91 Å². The number of carbonyl (C=O) groups is 1. The van der Waals surface area contributed by atoms with Gasteiger partial charge in [0.2, 0.25) is 0 Å². The van der Waals surface area contributed by atoms with Crippen LogP contribution in [0.1, 0.15) is 41.4 Å². The van der Waals surface area contributed by atoms with Crippen molar-refractivity contribution in [3.05, 3.63) is 40.8 Å². The first-order valence-electron chi connectivity index (χ1n) is 9.71. The number of amides is 1. The molecule has 1 fully saturated rings. The molecule has 1 saturated heterocycles. The van der Waals surface area contributed by atoms with Crippen molar-refractivity contribution in [3.63, 3.8) is 0 Å². The third-order valence-electron chi connectivity index (χ3n) is 5.39. The molecule has 0 radical (unpaired) electrons. The second-order valence-electron chi connectivity index (χ2n) is 6.96. The van der Waals surface area contributed by atoms with E-state index in [0.29, 0.717) is 5.92 Å². The maximum Gasteiger partial charge on any atom is 0.264 e. The van der Waals surface area contributed by atoms with Gasteiger partial charge in [-0.05, 0) is 44.0 Å². The molecule has 148 valence electrons. The van der Waals surface area contributed by atoms with Crippen LogP contribution >= 0.6 is 22.7 Å². The molecule has 4 rings (SSSR count). The van der Waals surface area contributed by atoms with Gasteiger partial charge in [0, 0.05) is 32.1 Å². The van der Waals surface area contributed by atoms with Gasteiger partial charge in [0.15, 0.2) is 5.13 Å². The summed E-state index contributed by atoms with van der Waals surface area (Å²) < 4.78 is 6.35. The lowest BCUT2D eigenvalue weighted by Crippen LogP contribution is -2.27. The summed E-state index contributed by atoms with van der Waals surface area (Å²) in [6.45, 7) is 7.75. The summed E-state index contributed by atoms with van der Waals surface area (Å²) in [5, 5.41) is 1.05. The zero-order chi connectivity index (χ0) is 19.7. The molecule has 0 N–H and O–H groups in total. The summed E-state index contributed by atoms with van der Waals surface area (Å²) in [5.74, 6) is 1.39. The zero-order valence-electron chi connectivity index (χ0n) is 16.5. The normalized spacial score (nSPS) is 16.7. The van der Waals surface area contributed by atoms with Gasteiger partial charge >= 0.3 is 0 Å². The number of likely N-dealkylation sites (tertiary alicyclic amines) is 1. The summed E-state index contributed by atoms with van der Waals surface area (Å²) >= 11 is 3.20. The molecule has 2 aromatic heterocycles. The molecule has 0 aliphatic carbocycles. The Labute approximate surface area is 173 Å². The lowest BCUT2D eigenvalue weighted by atomic mass is 9.98. The summed E-state index contributed by atoms with van der Waals surface area (Å²) in [4.78, 5) is 23.8. The van der Waals surface area contributed by atoms with Crippen LogP contribution in [0.2, 0.25) is 0 Å². The Hall–Kier alpha value is -2.12. The van der Waals surface area contributed by atoms with Gasteiger partial charge in [-0.1, -0.05) is 23.5 Å². The number of methoxy groups -OCH3 is 1. The Morgan fingerprint density at radius 3 is 2.64 bits per heavy atom. The Morgan fingerprint density at radius 1 is 1.25 bits per heavy atom. The highest BCUT2D eigenvalue weighted by atomic mass is 32.1. The molecule has 1 aromatic carbocycles. The molecule has 1 aliphatic heterocycles. The lowest BCUT2D eigenvalue weighted by Gasteiger charge is -2.16. The van der Waals surface area contributed by atoms with Crippen molar-refractivity contribution in [2.24, 2.45) is 0 Å². The number of hydrogen-bond acceptors (Lipinski definition) is 6. The van der Waals surface area contributed by atoms with Crippen molar-refractivity contribution < 1.29 is 9.53 Å². The average Bonchev–Trinajstić information content (AvgIpc) is 3.43. The highest BCUT2D eigenvalue weighted by molar-refractivity contribution is 7.29. The van der Waals surface area contributed by atoms with Crippen LogP contribution in [-0.2, 0) is 0 Å². The molecule has 3 heterocycles. The fourth-order valence-electron chi connectivity index (χ4n) is 3.71. The van der Waals surface area contributed by atoms with E-state index in [1.807, 2.05) is 23.1 Å². The van der Waals surface area contributed by atoms with Gasteiger partial charge in [-0.25, -0.2) is 4.98 Å².